The van der Waals surface area contributed by atoms with Crippen LogP contribution in [0.5, 0.6) is 0 Å². The molecule has 0 aromatic rings. The average Bonchev–Trinajstić information content (AvgIpc) is 0. The molecule has 0 aliphatic rings. The molecule has 0 rings (SSSR count). The summed E-state index contributed by atoms with van der Waals surface area (Å²) >= 11 is 0. The Kier molecular flexibility index (Phi) is 192. The summed E-state index contributed by atoms with van der Waals surface area (Å²) in [6.45, 7) is 0. The van der Waals surface area contributed by atoms with Crippen molar-refractivity contribution >= 4 is 50.6 Å². The van der Waals surface area contributed by atoms with E-state index in [4.69, 9.17) is 0 Å². The summed E-state index contributed by atoms with van der Waals surface area (Å²) in [5.41, 5.74) is 0. The molecule has 0 fully saturated rings. The summed E-state index contributed by atoms with van der Waals surface area (Å²) < 4.78 is 0. The fraction of sp³-hybridized carbons (Fsp3) is 0. The first-order chi connectivity index (χ1) is 0. The first-order valence-corrected chi connectivity index (χ1v) is 0. The monoisotopic (exact) mass is 574 g/mol. The first-order valence-electron chi connectivity index (χ1n) is 0. The molecule has 0 spiro atoms. The van der Waals surface area contributed by atoms with Gasteiger partial charge in [0.05, 0.1) is 0 Å². The fourth-order valence-corrected chi connectivity index (χ4v) is 0. The molecule has 0 saturated heterocycles. The Morgan fingerprint density at radius 3 is 0.800 bits per heavy atom. The van der Waals surface area contributed by atoms with Crippen molar-refractivity contribution in [2.24, 2.45) is 0 Å². The van der Waals surface area contributed by atoms with Gasteiger partial charge in [-0.05, 0) is 0 Å². The second-order valence-electron chi connectivity index (χ2n) is 0. The number of hydrogen-bond donors (Lipinski definition) is 0. The molecule has 0 amide bonds. The van der Waals surface area contributed by atoms with Crippen LogP contribution in [-0.2, 0) is 61.3 Å². The van der Waals surface area contributed by atoms with Gasteiger partial charge in [-0.25, -0.2) is 0 Å². The molecule has 0 heterocycles. The third-order valence-electron chi connectivity index (χ3n) is 0. The van der Waals surface area contributed by atoms with Crippen molar-refractivity contribution in [3.8, 4) is 0 Å². The van der Waals surface area contributed by atoms with Gasteiger partial charge in [0.15, 0.2) is 0 Å². The van der Waals surface area contributed by atoms with Crippen LogP contribution < -0.4 is 0 Å². The van der Waals surface area contributed by atoms with Gasteiger partial charge in [0.2, 0.25) is 0 Å². The molecule has 0 aromatic carbocycles. The second-order valence-corrected chi connectivity index (χ2v) is 0. The van der Waals surface area contributed by atoms with Crippen molar-refractivity contribution in [3.05, 3.63) is 0 Å². The van der Waals surface area contributed by atoms with Crippen molar-refractivity contribution in [1.82, 2.24) is 0 Å². The van der Waals surface area contributed by atoms with E-state index in [0.717, 1.165) is 0 Å². The van der Waals surface area contributed by atoms with Crippen molar-refractivity contribution in [3.63, 3.8) is 0 Å². The molecule has 0 aliphatic carbocycles. The van der Waals surface area contributed by atoms with Gasteiger partial charge in [-0.2, -0.15) is 0 Å². The first kappa shape index (κ1) is 37.8. The Hall–Kier alpha value is 3.68. The zero-order valence-corrected chi connectivity index (χ0v) is 13.5. The van der Waals surface area contributed by atoms with Gasteiger partial charge in [0.25, 0.3) is 0 Å². The maximum atomic E-state index is 0. The summed E-state index contributed by atoms with van der Waals surface area (Å²) in [6.07, 6.45) is 0. The molecule has 0 aromatic heterocycles. The van der Waals surface area contributed by atoms with Crippen LogP contribution in [0.25, 0.3) is 0 Å². The summed E-state index contributed by atoms with van der Waals surface area (Å²) in [4.78, 5) is 0. The van der Waals surface area contributed by atoms with Gasteiger partial charge in [-0.3, -0.25) is 0 Å². The molecular weight excluding hydrogens is 575 g/mol. The SMILES string of the molecule is [Bi].[Nb].[Nb].[Ni].[Sb]. The zero-order chi connectivity index (χ0) is 0. The van der Waals surface area contributed by atoms with E-state index in [-0.39, 0.29) is 112 Å². The molecule has 0 N–H and O–H groups in total. The molecule has 0 unspecified atom stereocenters. The van der Waals surface area contributed by atoms with Crippen LogP contribution in [0.1, 0.15) is 0 Å². The van der Waals surface area contributed by atoms with Crippen LogP contribution in [-0.4, -0.2) is 50.6 Å². The van der Waals surface area contributed by atoms with Crippen LogP contribution >= 0.6 is 0 Å². The van der Waals surface area contributed by atoms with E-state index in [1.807, 2.05) is 0 Å². The second kappa shape index (κ2) is 25.3. The minimum atomic E-state index is 0. The van der Waals surface area contributed by atoms with Crippen LogP contribution in [0, 0.1) is 0 Å². The molecule has 0 nitrogen and oxygen atoms in total. The average molecular weight is 575 g/mol. The third kappa shape index (κ3) is 18.3. The van der Waals surface area contributed by atoms with Gasteiger partial charge >= 0.3 is 0 Å². The van der Waals surface area contributed by atoms with Crippen LogP contribution in [0.3, 0.4) is 0 Å². The Labute approximate surface area is 110 Å². The standard InChI is InChI=1S/Bi.2Nb.Ni.Sb. The number of hydrogen-bond acceptors (Lipinski definition) is 0. The van der Waals surface area contributed by atoms with Gasteiger partial charge < -0.3 is 0 Å². The summed E-state index contributed by atoms with van der Waals surface area (Å²) in [5.74, 6) is 0. The maximum absolute atomic E-state index is 0. The van der Waals surface area contributed by atoms with Gasteiger partial charge in [-0.15, -0.1) is 0 Å². The van der Waals surface area contributed by atoms with E-state index in [2.05, 4.69) is 0 Å². The van der Waals surface area contributed by atoms with Crippen LogP contribution in [0.15, 0.2) is 0 Å². The van der Waals surface area contributed by atoms with Crippen LogP contribution in [0.4, 0.5) is 0 Å². The largest absolute Gasteiger partial charge is 0 e. The molecule has 0 saturated carbocycles. The Morgan fingerprint density at radius 2 is 0.800 bits per heavy atom. The van der Waals surface area contributed by atoms with E-state index in [9.17, 15) is 0 Å². The predicted molar refractivity (Wildman–Crippen MR) is 11.5 cm³/mol. The minimum Gasteiger partial charge on any atom is 0 e. The quantitative estimate of drug-likeness (QED) is 0.334. The van der Waals surface area contributed by atoms with E-state index in [1.54, 1.807) is 0 Å². The van der Waals surface area contributed by atoms with Crippen molar-refractivity contribution in [2.45, 2.75) is 0 Å². The third-order valence-corrected chi connectivity index (χ3v) is 0. The molecule has 5 heteroatoms. The molecule has 0 atom stereocenters. The topological polar surface area (TPSA) is 0 Å². The minimum absolute atomic E-state index is 0. The predicted octanol–water partition coefficient (Wildman–Crippen LogP) is -0.769. The zero-order valence-electron chi connectivity index (χ0n) is 2.11. The van der Waals surface area contributed by atoms with Gasteiger partial charge in [0, 0.05) is 112 Å². The smallest absolute Gasteiger partial charge is 0 e. The summed E-state index contributed by atoms with van der Waals surface area (Å²) in [6, 6.07) is 0. The number of rotatable bonds is 0. The van der Waals surface area contributed by atoms with E-state index in [0.29, 0.717) is 0 Å². The maximum Gasteiger partial charge on any atom is 0 e. The van der Waals surface area contributed by atoms with Gasteiger partial charge in [0.1, 0.15) is 0 Å². The molecule has 0 bridgehead atoms. The van der Waals surface area contributed by atoms with E-state index in [1.165, 1.54) is 0 Å². The molecule has 8 radical (unpaired) electrons. The normalized spacial score (nSPS) is 0. The van der Waals surface area contributed by atoms with Crippen molar-refractivity contribution < 1.29 is 61.3 Å². The molecular formula is BiNb2NiSb. The van der Waals surface area contributed by atoms with Crippen LogP contribution in [0.2, 0.25) is 0 Å². The van der Waals surface area contributed by atoms with Crippen molar-refractivity contribution in [2.75, 3.05) is 0 Å². The Morgan fingerprint density at radius 1 is 0.800 bits per heavy atom. The van der Waals surface area contributed by atoms with Gasteiger partial charge in [-0.1, -0.05) is 0 Å². The summed E-state index contributed by atoms with van der Waals surface area (Å²) in [7, 11) is 0. The van der Waals surface area contributed by atoms with E-state index >= 15 is 0 Å². The fourth-order valence-electron chi connectivity index (χ4n) is 0. The van der Waals surface area contributed by atoms with Crippen molar-refractivity contribution in [1.29, 1.82) is 0 Å². The molecule has 30 valence electrons. The Bertz CT molecular complexity index is 9.61. The van der Waals surface area contributed by atoms with E-state index < -0.39 is 0 Å². The Balaban J connectivity index is 0. The molecule has 5 heavy (non-hydrogen) atoms. The summed E-state index contributed by atoms with van der Waals surface area (Å²) in [5, 5.41) is 0. The molecule has 0 aliphatic heterocycles.